The summed E-state index contributed by atoms with van der Waals surface area (Å²) in [6.45, 7) is 3.83. The number of aryl methyl sites for hydroxylation is 1. The Morgan fingerprint density at radius 2 is 1.71 bits per heavy atom. The van der Waals surface area contributed by atoms with E-state index in [2.05, 4.69) is 41.4 Å². The van der Waals surface area contributed by atoms with E-state index in [9.17, 15) is 31.1 Å². The number of carbonyl (C=O) groups is 1. The van der Waals surface area contributed by atoms with Gasteiger partial charge in [0.15, 0.2) is 0 Å². The first-order chi connectivity index (χ1) is 19.3. The van der Waals surface area contributed by atoms with Crippen LogP contribution in [0.4, 0.5) is 26.3 Å². The first-order valence-corrected chi connectivity index (χ1v) is 15.5. The fraction of sp³-hybridized carbons (Fsp3) is 0.581. The van der Waals surface area contributed by atoms with E-state index in [1.165, 1.54) is 22.9 Å². The Labute approximate surface area is 241 Å². The number of likely N-dealkylation sites (tertiary alicyclic amines) is 1. The third kappa shape index (κ3) is 5.88. The van der Waals surface area contributed by atoms with Crippen LogP contribution in [0.25, 0.3) is 0 Å². The summed E-state index contributed by atoms with van der Waals surface area (Å²) < 4.78 is 79.8. The predicted octanol–water partition coefficient (Wildman–Crippen LogP) is 7.47. The summed E-state index contributed by atoms with van der Waals surface area (Å²) in [6.07, 6.45) is -2.49. The molecule has 2 aromatic carbocycles. The van der Waals surface area contributed by atoms with E-state index < -0.39 is 35.4 Å². The Kier molecular flexibility index (Phi) is 8.22. The molecule has 2 fully saturated rings. The van der Waals surface area contributed by atoms with E-state index in [4.69, 9.17) is 0 Å². The summed E-state index contributed by atoms with van der Waals surface area (Å²) in [5.41, 5.74) is -0.556. The smallest absolute Gasteiger partial charge is 0.352 e. The van der Waals surface area contributed by atoms with Crippen molar-refractivity contribution in [3.8, 4) is 0 Å². The van der Waals surface area contributed by atoms with Gasteiger partial charge in [-0.3, -0.25) is 4.79 Å². The van der Waals surface area contributed by atoms with Crippen LogP contribution in [-0.2, 0) is 35.5 Å². The van der Waals surface area contributed by atoms with Gasteiger partial charge in [0.25, 0.3) is 0 Å². The van der Waals surface area contributed by atoms with E-state index in [1.807, 2.05) is 6.26 Å². The standard InChI is InChI=1S/C31H36F6N2OS/c1-20-18-39(12-11-29(20)10-7-22-5-3-4-6-26(22)29)25-8-9-28(16-25,19-41-2)27(40)38-17-21-13-23(30(32,33)34)15-24(14-21)31(35,36)37/h3-6,13-15,20,25H,7-12,16-19H2,1-2H3,(H,38,40)/t20-,25?,28?,29-/m0/s1. The van der Waals surface area contributed by atoms with Crippen LogP contribution in [0.15, 0.2) is 42.5 Å². The van der Waals surface area contributed by atoms with Gasteiger partial charge in [-0.25, -0.2) is 0 Å². The van der Waals surface area contributed by atoms with Gasteiger partial charge in [-0.1, -0.05) is 31.2 Å². The zero-order chi connectivity index (χ0) is 29.6. The molecule has 5 rings (SSSR count). The first-order valence-electron chi connectivity index (χ1n) is 14.2. The number of piperidine rings is 1. The molecule has 0 radical (unpaired) electrons. The minimum atomic E-state index is -4.93. The summed E-state index contributed by atoms with van der Waals surface area (Å²) in [6, 6.07) is 10.4. The molecule has 1 aliphatic heterocycles. The molecule has 1 spiro atoms. The number of nitrogens with zero attached hydrogens (tertiary/aromatic N) is 1. The van der Waals surface area contributed by atoms with E-state index in [0.717, 1.165) is 38.8 Å². The molecule has 4 atom stereocenters. The maximum atomic E-state index is 13.5. The molecule has 1 saturated carbocycles. The van der Waals surface area contributed by atoms with Crippen molar-refractivity contribution in [1.82, 2.24) is 10.2 Å². The van der Waals surface area contributed by atoms with Crippen molar-refractivity contribution in [2.75, 3.05) is 25.1 Å². The molecule has 0 aromatic heterocycles. The van der Waals surface area contributed by atoms with Crippen molar-refractivity contribution >= 4 is 17.7 Å². The Balaban J connectivity index is 1.27. The van der Waals surface area contributed by atoms with E-state index >= 15 is 0 Å². The lowest BCUT2D eigenvalue weighted by Crippen LogP contribution is -2.51. The topological polar surface area (TPSA) is 32.3 Å². The molecule has 2 aliphatic carbocycles. The van der Waals surface area contributed by atoms with Crippen LogP contribution in [0.2, 0.25) is 0 Å². The number of alkyl halides is 6. The normalized spacial score (nSPS) is 28.7. The lowest BCUT2D eigenvalue weighted by atomic mass is 9.67. The molecule has 224 valence electrons. The van der Waals surface area contributed by atoms with Gasteiger partial charge in [0.05, 0.1) is 16.5 Å². The van der Waals surface area contributed by atoms with Crippen molar-refractivity contribution in [1.29, 1.82) is 0 Å². The van der Waals surface area contributed by atoms with Crippen molar-refractivity contribution in [2.45, 2.75) is 75.8 Å². The van der Waals surface area contributed by atoms with Crippen LogP contribution in [0.1, 0.15) is 66.8 Å². The molecule has 41 heavy (non-hydrogen) atoms. The SMILES string of the molecule is CSCC1(C(=O)NCc2cc(C(F)(F)F)cc(C(F)(F)F)c2)CCC(N2CC[C@@]3(CCc4ccccc43)[C@@H](C)C2)C1. The number of rotatable bonds is 6. The van der Waals surface area contributed by atoms with E-state index in [-0.39, 0.29) is 29.0 Å². The highest BCUT2D eigenvalue weighted by Gasteiger charge is 2.50. The van der Waals surface area contributed by atoms with Crippen molar-refractivity contribution in [3.05, 3.63) is 70.3 Å². The second-order valence-corrected chi connectivity index (χ2v) is 13.0. The Morgan fingerprint density at radius 1 is 1.02 bits per heavy atom. The zero-order valence-corrected chi connectivity index (χ0v) is 24.1. The summed E-state index contributed by atoms with van der Waals surface area (Å²) in [7, 11) is 0. The molecule has 2 unspecified atom stereocenters. The maximum Gasteiger partial charge on any atom is 0.416 e. The fourth-order valence-corrected chi connectivity index (χ4v) is 8.55. The van der Waals surface area contributed by atoms with Crippen LogP contribution < -0.4 is 5.32 Å². The number of nitrogens with one attached hydrogen (secondary N) is 1. The van der Waals surface area contributed by atoms with Gasteiger partial charge in [-0.2, -0.15) is 38.1 Å². The fourth-order valence-electron chi connectivity index (χ4n) is 7.61. The number of thioether (sulfide) groups is 1. The Morgan fingerprint density at radius 3 is 2.34 bits per heavy atom. The highest BCUT2D eigenvalue weighted by Crippen LogP contribution is 2.51. The molecule has 1 saturated heterocycles. The highest BCUT2D eigenvalue weighted by atomic mass is 32.2. The van der Waals surface area contributed by atoms with Crippen LogP contribution in [0, 0.1) is 11.3 Å². The van der Waals surface area contributed by atoms with E-state index in [1.54, 1.807) is 0 Å². The predicted molar refractivity (Wildman–Crippen MR) is 149 cm³/mol. The largest absolute Gasteiger partial charge is 0.416 e. The van der Waals surface area contributed by atoms with Gasteiger partial charge in [-0.05, 0) is 92.1 Å². The number of carbonyl (C=O) groups excluding carboxylic acids is 1. The zero-order valence-electron chi connectivity index (χ0n) is 23.3. The van der Waals surface area contributed by atoms with Crippen LogP contribution in [0.5, 0.6) is 0 Å². The van der Waals surface area contributed by atoms with E-state index in [0.29, 0.717) is 36.6 Å². The third-order valence-corrected chi connectivity index (χ3v) is 10.6. The number of amides is 1. The van der Waals surface area contributed by atoms with Gasteiger partial charge in [-0.15, -0.1) is 0 Å². The minimum absolute atomic E-state index is 0.107. The van der Waals surface area contributed by atoms with Crippen LogP contribution in [-0.4, -0.2) is 41.9 Å². The molecule has 1 N–H and O–H groups in total. The molecule has 2 aromatic rings. The average molecular weight is 599 g/mol. The monoisotopic (exact) mass is 598 g/mol. The van der Waals surface area contributed by atoms with Crippen molar-refractivity contribution in [2.24, 2.45) is 11.3 Å². The lowest BCUT2D eigenvalue weighted by Gasteiger charge is -2.47. The molecule has 3 nitrogen and oxygen atoms in total. The summed E-state index contributed by atoms with van der Waals surface area (Å²) in [5.74, 6) is 0.714. The summed E-state index contributed by atoms with van der Waals surface area (Å²) in [5, 5.41) is 2.70. The van der Waals surface area contributed by atoms with Gasteiger partial charge in [0.2, 0.25) is 5.91 Å². The number of fused-ring (bicyclic) bond motifs is 2. The lowest BCUT2D eigenvalue weighted by molar-refractivity contribution is -0.143. The van der Waals surface area contributed by atoms with Crippen molar-refractivity contribution < 1.29 is 31.1 Å². The van der Waals surface area contributed by atoms with Crippen molar-refractivity contribution in [3.63, 3.8) is 0 Å². The molecular formula is C31H36F6N2OS. The van der Waals surface area contributed by atoms with Crippen LogP contribution in [0.3, 0.4) is 0 Å². The molecule has 10 heteroatoms. The maximum absolute atomic E-state index is 13.5. The minimum Gasteiger partial charge on any atom is -0.352 e. The van der Waals surface area contributed by atoms with Gasteiger partial charge >= 0.3 is 12.4 Å². The quantitative estimate of drug-likeness (QED) is 0.350. The van der Waals surface area contributed by atoms with Crippen LogP contribution >= 0.6 is 11.8 Å². The molecule has 0 bridgehead atoms. The average Bonchev–Trinajstić information content (AvgIpc) is 3.52. The Hall–Kier alpha value is -2.20. The summed E-state index contributed by atoms with van der Waals surface area (Å²) >= 11 is 1.54. The number of hydrogen-bond donors (Lipinski definition) is 1. The molecule has 1 heterocycles. The van der Waals surface area contributed by atoms with Gasteiger partial charge in [0, 0.05) is 30.3 Å². The molecule has 3 aliphatic rings. The third-order valence-electron chi connectivity index (χ3n) is 9.79. The second-order valence-electron chi connectivity index (χ2n) is 12.2. The van der Waals surface area contributed by atoms with Gasteiger partial charge in [0.1, 0.15) is 0 Å². The number of hydrogen-bond acceptors (Lipinski definition) is 3. The van der Waals surface area contributed by atoms with Gasteiger partial charge < -0.3 is 10.2 Å². The second kappa shape index (κ2) is 11.1. The first kappa shape index (κ1) is 30.3. The number of halogens is 6. The number of benzene rings is 2. The Bertz CT molecular complexity index is 1250. The summed E-state index contributed by atoms with van der Waals surface area (Å²) in [4.78, 5) is 16.0. The highest BCUT2D eigenvalue weighted by molar-refractivity contribution is 7.98. The molecule has 1 amide bonds. The molecular weight excluding hydrogens is 562 g/mol.